The molecule has 0 spiro atoms. The topological polar surface area (TPSA) is 63.2 Å². The minimum absolute atomic E-state index is 0.226. The first-order chi connectivity index (χ1) is 12.8. The zero-order chi connectivity index (χ0) is 18.2. The number of rotatable bonds is 6. The van der Waals surface area contributed by atoms with E-state index in [1.807, 2.05) is 60.7 Å². The van der Waals surface area contributed by atoms with Gasteiger partial charge in [-0.1, -0.05) is 30.3 Å². The summed E-state index contributed by atoms with van der Waals surface area (Å²) in [5.41, 5.74) is 3.84. The lowest BCUT2D eigenvalue weighted by atomic mass is 10.0. The lowest BCUT2D eigenvalue weighted by Gasteiger charge is -2.11. The minimum Gasteiger partial charge on any atom is -0.496 e. The second-order valence-corrected chi connectivity index (χ2v) is 5.77. The molecule has 0 saturated heterocycles. The van der Waals surface area contributed by atoms with Crippen LogP contribution in [-0.2, 0) is 6.42 Å². The van der Waals surface area contributed by atoms with Crippen molar-refractivity contribution >= 4 is 11.7 Å². The summed E-state index contributed by atoms with van der Waals surface area (Å²) in [4.78, 5) is 16.1. The van der Waals surface area contributed by atoms with Crippen LogP contribution < -0.4 is 15.4 Å². The molecule has 2 amide bonds. The lowest BCUT2D eigenvalue weighted by Crippen LogP contribution is -2.30. The maximum absolute atomic E-state index is 12.1. The fraction of sp³-hybridized carbons (Fsp3) is 0.143. The van der Waals surface area contributed by atoms with Crippen molar-refractivity contribution in [2.45, 2.75) is 6.42 Å². The SMILES string of the molecule is COc1ccccc1-c1cccc(NC(=O)NCCc2ccncc2)c1. The van der Waals surface area contributed by atoms with E-state index in [2.05, 4.69) is 15.6 Å². The number of para-hydroxylation sites is 1. The molecule has 0 radical (unpaired) electrons. The van der Waals surface area contributed by atoms with E-state index in [0.717, 1.165) is 34.5 Å². The Bertz CT molecular complexity index is 866. The molecule has 3 rings (SSSR count). The van der Waals surface area contributed by atoms with Crippen LogP contribution in [0.4, 0.5) is 10.5 Å². The molecule has 0 aliphatic carbocycles. The van der Waals surface area contributed by atoms with Crippen LogP contribution in [-0.4, -0.2) is 24.7 Å². The molecule has 26 heavy (non-hydrogen) atoms. The van der Waals surface area contributed by atoms with E-state index in [9.17, 15) is 4.79 Å². The number of anilines is 1. The molecule has 1 heterocycles. The highest BCUT2D eigenvalue weighted by Crippen LogP contribution is 2.30. The molecule has 5 nitrogen and oxygen atoms in total. The summed E-state index contributed by atoms with van der Waals surface area (Å²) in [5.74, 6) is 0.798. The Labute approximate surface area is 153 Å². The molecule has 0 unspecified atom stereocenters. The Balaban J connectivity index is 1.60. The van der Waals surface area contributed by atoms with Crippen LogP contribution in [0.3, 0.4) is 0 Å². The first-order valence-corrected chi connectivity index (χ1v) is 8.43. The standard InChI is InChI=1S/C21H21N3O2/c1-26-20-8-3-2-7-19(20)17-5-4-6-18(15-17)24-21(25)23-14-11-16-9-12-22-13-10-16/h2-10,12-13,15H,11,14H2,1H3,(H2,23,24,25). The molecule has 0 aliphatic rings. The third-order valence-corrected chi connectivity index (χ3v) is 3.99. The molecular formula is C21H21N3O2. The number of aromatic nitrogens is 1. The van der Waals surface area contributed by atoms with Gasteiger partial charge in [-0.3, -0.25) is 4.98 Å². The molecule has 2 N–H and O–H groups in total. The summed E-state index contributed by atoms with van der Waals surface area (Å²) in [5, 5.41) is 5.74. The normalized spacial score (nSPS) is 10.2. The summed E-state index contributed by atoms with van der Waals surface area (Å²) < 4.78 is 5.41. The van der Waals surface area contributed by atoms with Gasteiger partial charge in [-0.25, -0.2) is 4.79 Å². The first kappa shape index (κ1) is 17.5. The fourth-order valence-corrected chi connectivity index (χ4v) is 2.69. The summed E-state index contributed by atoms with van der Waals surface area (Å²) in [6.45, 7) is 0.558. The van der Waals surface area contributed by atoms with Crippen LogP contribution in [0.15, 0.2) is 73.1 Å². The van der Waals surface area contributed by atoms with Crippen LogP contribution in [0.5, 0.6) is 5.75 Å². The van der Waals surface area contributed by atoms with Crippen LogP contribution in [0, 0.1) is 0 Å². The van der Waals surface area contributed by atoms with Gasteiger partial charge in [0.25, 0.3) is 0 Å². The molecule has 0 atom stereocenters. The first-order valence-electron chi connectivity index (χ1n) is 8.43. The summed E-state index contributed by atoms with van der Waals surface area (Å²) in [6.07, 6.45) is 4.26. The summed E-state index contributed by atoms with van der Waals surface area (Å²) in [7, 11) is 1.65. The van der Waals surface area contributed by atoms with Crippen molar-refractivity contribution in [3.63, 3.8) is 0 Å². The molecule has 2 aromatic carbocycles. The average molecular weight is 347 g/mol. The van der Waals surface area contributed by atoms with Gasteiger partial charge in [-0.2, -0.15) is 0 Å². The Morgan fingerprint density at radius 3 is 2.65 bits per heavy atom. The molecule has 0 aliphatic heterocycles. The van der Waals surface area contributed by atoms with E-state index in [0.29, 0.717) is 6.54 Å². The number of nitrogens with zero attached hydrogens (tertiary/aromatic N) is 1. The van der Waals surface area contributed by atoms with Gasteiger partial charge in [0.2, 0.25) is 0 Å². The third-order valence-electron chi connectivity index (χ3n) is 3.99. The Morgan fingerprint density at radius 1 is 1.04 bits per heavy atom. The van der Waals surface area contributed by atoms with Crippen LogP contribution in [0.2, 0.25) is 0 Å². The molecular weight excluding hydrogens is 326 g/mol. The van der Waals surface area contributed by atoms with Crippen molar-refractivity contribution in [2.24, 2.45) is 0 Å². The zero-order valence-corrected chi connectivity index (χ0v) is 14.6. The number of nitrogens with one attached hydrogen (secondary N) is 2. The van der Waals surface area contributed by atoms with Crippen LogP contribution in [0.1, 0.15) is 5.56 Å². The van der Waals surface area contributed by atoms with Gasteiger partial charge in [-0.15, -0.1) is 0 Å². The van der Waals surface area contributed by atoms with Crippen molar-refractivity contribution in [1.29, 1.82) is 0 Å². The van der Waals surface area contributed by atoms with Gasteiger partial charge in [0, 0.05) is 30.2 Å². The second kappa shape index (κ2) is 8.67. The van der Waals surface area contributed by atoms with Gasteiger partial charge >= 0.3 is 6.03 Å². The fourth-order valence-electron chi connectivity index (χ4n) is 2.69. The number of carbonyl (C=O) groups excluding carboxylic acids is 1. The van der Waals surface area contributed by atoms with Gasteiger partial charge < -0.3 is 15.4 Å². The third kappa shape index (κ3) is 4.60. The van der Waals surface area contributed by atoms with E-state index in [4.69, 9.17) is 4.74 Å². The molecule has 132 valence electrons. The predicted octanol–water partition coefficient (Wildman–Crippen LogP) is 4.12. The lowest BCUT2D eigenvalue weighted by molar-refractivity contribution is 0.252. The van der Waals surface area contributed by atoms with E-state index in [-0.39, 0.29) is 6.03 Å². The number of amides is 2. The van der Waals surface area contributed by atoms with E-state index < -0.39 is 0 Å². The highest BCUT2D eigenvalue weighted by molar-refractivity contribution is 5.90. The van der Waals surface area contributed by atoms with Gasteiger partial charge in [0.15, 0.2) is 0 Å². The number of hydrogen-bond acceptors (Lipinski definition) is 3. The van der Waals surface area contributed by atoms with Gasteiger partial charge in [-0.05, 0) is 47.9 Å². The van der Waals surface area contributed by atoms with E-state index >= 15 is 0 Å². The number of pyridine rings is 1. The van der Waals surface area contributed by atoms with Gasteiger partial charge in [0.1, 0.15) is 5.75 Å². The van der Waals surface area contributed by atoms with Crippen LogP contribution >= 0.6 is 0 Å². The number of hydrogen-bond donors (Lipinski definition) is 2. The average Bonchev–Trinajstić information content (AvgIpc) is 2.69. The van der Waals surface area contributed by atoms with Gasteiger partial charge in [0.05, 0.1) is 7.11 Å². The largest absolute Gasteiger partial charge is 0.496 e. The minimum atomic E-state index is -0.226. The maximum Gasteiger partial charge on any atom is 0.319 e. The van der Waals surface area contributed by atoms with Crippen molar-refractivity contribution in [2.75, 3.05) is 19.0 Å². The summed E-state index contributed by atoms with van der Waals surface area (Å²) >= 11 is 0. The highest BCUT2D eigenvalue weighted by atomic mass is 16.5. The predicted molar refractivity (Wildman–Crippen MR) is 103 cm³/mol. The molecule has 3 aromatic rings. The molecule has 0 bridgehead atoms. The Kier molecular flexibility index (Phi) is 5.83. The number of benzene rings is 2. The zero-order valence-electron chi connectivity index (χ0n) is 14.6. The summed E-state index contributed by atoms with van der Waals surface area (Å²) in [6, 6.07) is 19.2. The molecule has 0 saturated carbocycles. The number of urea groups is 1. The highest BCUT2D eigenvalue weighted by Gasteiger charge is 2.07. The Hall–Kier alpha value is -3.34. The Morgan fingerprint density at radius 2 is 1.85 bits per heavy atom. The van der Waals surface area contributed by atoms with Crippen molar-refractivity contribution < 1.29 is 9.53 Å². The van der Waals surface area contributed by atoms with Crippen molar-refractivity contribution in [1.82, 2.24) is 10.3 Å². The number of carbonyl (C=O) groups is 1. The monoisotopic (exact) mass is 347 g/mol. The van der Waals surface area contributed by atoms with Crippen LogP contribution in [0.25, 0.3) is 11.1 Å². The number of ether oxygens (including phenoxy) is 1. The molecule has 5 heteroatoms. The smallest absolute Gasteiger partial charge is 0.319 e. The molecule has 0 fully saturated rings. The quantitative estimate of drug-likeness (QED) is 0.705. The number of methoxy groups -OCH3 is 1. The van der Waals surface area contributed by atoms with E-state index in [1.54, 1.807) is 19.5 Å². The second-order valence-electron chi connectivity index (χ2n) is 5.77. The van der Waals surface area contributed by atoms with Crippen molar-refractivity contribution in [3.05, 3.63) is 78.6 Å². The van der Waals surface area contributed by atoms with E-state index in [1.165, 1.54) is 0 Å². The van der Waals surface area contributed by atoms with Crippen molar-refractivity contribution in [3.8, 4) is 16.9 Å². The molecule has 1 aromatic heterocycles. The maximum atomic E-state index is 12.1.